The first-order valence-electron chi connectivity index (χ1n) is 10.2. The number of aliphatic carboxylic acids is 3. The van der Waals surface area contributed by atoms with E-state index in [0.717, 1.165) is 6.92 Å². The molecule has 3 amide bonds. The lowest BCUT2D eigenvalue weighted by atomic mass is 10.0. The van der Waals surface area contributed by atoms with E-state index in [1.165, 1.54) is 0 Å². The van der Waals surface area contributed by atoms with Crippen LogP contribution in [-0.2, 0) is 28.8 Å². The van der Waals surface area contributed by atoms with E-state index in [9.17, 15) is 33.9 Å². The fourth-order valence-electron chi connectivity index (χ4n) is 2.69. The number of aliphatic hydroxyl groups excluding tert-OH is 1. The molecule has 0 aliphatic carbocycles. The van der Waals surface area contributed by atoms with Crippen molar-refractivity contribution in [3.8, 4) is 0 Å². The molecular weight excluding hydrogens is 444 g/mol. The first kappa shape index (κ1) is 29.7. The van der Waals surface area contributed by atoms with Crippen LogP contribution in [0.15, 0.2) is 0 Å². The first-order chi connectivity index (χ1) is 15.1. The molecule has 0 saturated heterocycles. The standard InChI is InChI=1S/C19H32N4O10/c1-8(2)6-11(21-16(29)10(20)4-5-13(25)26)17(30)23-15(9(3)24)18(31)22-12(19(32)33)7-14(27)28/h8-12,15,24H,4-7,20H2,1-3H3,(H,21,29)(H,22,31)(H,23,30)(H,25,26)(H,27,28)(H,32,33). The van der Waals surface area contributed by atoms with Crippen LogP contribution >= 0.6 is 0 Å². The second-order valence-electron chi connectivity index (χ2n) is 7.95. The molecule has 0 aliphatic rings. The van der Waals surface area contributed by atoms with Crippen molar-refractivity contribution in [1.29, 1.82) is 0 Å². The minimum atomic E-state index is -1.80. The summed E-state index contributed by atoms with van der Waals surface area (Å²) in [6.45, 7) is 4.65. The Labute approximate surface area is 189 Å². The van der Waals surface area contributed by atoms with Gasteiger partial charge in [-0.25, -0.2) is 4.79 Å². The highest BCUT2D eigenvalue weighted by Crippen LogP contribution is 2.08. The Bertz CT molecular complexity index is 740. The molecule has 0 aromatic heterocycles. The zero-order valence-corrected chi connectivity index (χ0v) is 18.6. The van der Waals surface area contributed by atoms with Gasteiger partial charge in [0.05, 0.1) is 18.6 Å². The molecule has 33 heavy (non-hydrogen) atoms. The Balaban J connectivity index is 5.41. The number of hydrogen-bond donors (Lipinski definition) is 8. The van der Waals surface area contributed by atoms with E-state index in [0.29, 0.717) is 0 Å². The molecule has 5 atom stereocenters. The van der Waals surface area contributed by atoms with Crippen LogP contribution in [-0.4, -0.2) is 86.3 Å². The highest BCUT2D eigenvalue weighted by Gasteiger charge is 2.33. The fourth-order valence-corrected chi connectivity index (χ4v) is 2.69. The fraction of sp³-hybridized carbons (Fsp3) is 0.684. The third-order valence-corrected chi connectivity index (χ3v) is 4.40. The molecular formula is C19H32N4O10. The van der Waals surface area contributed by atoms with Gasteiger partial charge in [0.15, 0.2) is 0 Å². The number of rotatable bonds is 15. The summed E-state index contributed by atoms with van der Waals surface area (Å²) < 4.78 is 0. The Morgan fingerprint density at radius 3 is 1.76 bits per heavy atom. The minimum Gasteiger partial charge on any atom is -0.481 e. The Kier molecular flexibility index (Phi) is 12.6. The Hall–Kier alpha value is -3.26. The van der Waals surface area contributed by atoms with Crippen LogP contribution in [0, 0.1) is 5.92 Å². The van der Waals surface area contributed by atoms with E-state index in [4.69, 9.17) is 21.1 Å². The van der Waals surface area contributed by atoms with Crippen molar-refractivity contribution in [3.63, 3.8) is 0 Å². The Morgan fingerprint density at radius 2 is 1.33 bits per heavy atom. The molecule has 14 heteroatoms. The van der Waals surface area contributed by atoms with Crippen LogP contribution in [0.25, 0.3) is 0 Å². The minimum absolute atomic E-state index is 0.105. The number of carbonyl (C=O) groups is 6. The van der Waals surface area contributed by atoms with Crippen molar-refractivity contribution in [2.45, 2.75) is 76.7 Å². The molecule has 5 unspecified atom stereocenters. The largest absolute Gasteiger partial charge is 0.481 e. The van der Waals surface area contributed by atoms with Gasteiger partial charge in [-0.2, -0.15) is 0 Å². The van der Waals surface area contributed by atoms with Crippen LogP contribution in [0.4, 0.5) is 0 Å². The van der Waals surface area contributed by atoms with E-state index in [1.807, 2.05) is 5.32 Å². The van der Waals surface area contributed by atoms with E-state index >= 15 is 0 Å². The molecule has 14 nitrogen and oxygen atoms in total. The lowest BCUT2D eigenvalue weighted by molar-refractivity contribution is -0.148. The van der Waals surface area contributed by atoms with Gasteiger partial charge in [0.2, 0.25) is 17.7 Å². The molecule has 0 rings (SSSR count). The topological polar surface area (TPSA) is 245 Å². The number of carboxylic acids is 3. The molecule has 0 fully saturated rings. The van der Waals surface area contributed by atoms with Crippen LogP contribution in [0.3, 0.4) is 0 Å². The summed E-state index contributed by atoms with van der Waals surface area (Å²) in [5.74, 6) is -7.18. The number of carbonyl (C=O) groups excluding carboxylic acids is 3. The van der Waals surface area contributed by atoms with Crippen LogP contribution in [0.5, 0.6) is 0 Å². The number of aliphatic hydroxyl groups is 1. The lowest BCUT2D eigenvalue weighted by Crippen LogP contribution is -2.60. The third-order valence-electron chi connectivity index (χ3n) is 4.40. The van der Waals surface area contributed by atoms with Crippen LogP contribution in [0.2, 0.25) is 0 Å². The van der Waals surface area contributed by atoms with E-state index in [2.05, 4.69) is 10.6 Å². The average Bonchev–Trinajstić information content (AvgIpc) is 2.67. The van der Waals surface area contributed by atoms with Gasteiger partial charge >= 0.3 is 17.9 Å². The second-order valence-corrected chi connectivity index (χ2v) is 7.95. The normalized spacial score (nSPS) is 15.5. The molecule has 0 radical (unpaired) electrons. The van der Waals surface area contributed by atoms with Gasteiger partial charge in [0, 0.05) is 6.42 Å². The zero-order chi connectivity index (χ0) is 25.9. The molecule has 0 aliphatic heterocycles. The molecule has 0 aromatic rings. The Morgan fingerprint density at radius 1 is 0.788 bits per heavy atom. The molecule has 0 aromatic carbocycles. The quantitative estimate of drug-likeness (QED) is 0.124. The molecule has 0 saturated carbocycles. The molecule has 0 heterocycles. The number of carboxylic acid groups (broad SMARTS) is 3. The molecule has 188 valence electrons. The number of amides is 3. The van der Waals surface area contributed by atoms with Gasteiger partial charge in [-0.3, -0.25) is 24.0 Å². The van der Waals surface area contributed by atoms with Gasteiger partial charge in [-0.15, -0.1) is 0 Å². The summed E-state index contributed by atoms with van der Waals surface area (Å²) in [7, 11) is 0. The third kappa shape index (κ3) is 11.8. The number of nitrogens with two attached hydrogens (primary N) is 1. The average molecular weight is 476 g/mol. The van der Waals surface area contributed by atoms with Crippen molar-refractivity contribution in [1.82, 2.24) is 16.0 Å². The van der Waals surface area contributed by atoms with Gasteiger partial charge < -0.3 is 42.1 Å². The van der Waals surface area contributed by atoms with Crippen molar-refractivity contribution in [2.75, 3.05) is 0 Å². The van der Waals surface area contributed by atoms with Crippen LogP contribution < -0.4 is 21.7 Å². The van der Waals surface area contributed by atoms with Crippen LogP contribution in [0.1, 0.15) is 46.5 Å². The highest BCUT2D eigenvalue weighted by atomic mass is 16.4. The van der Waals surface area contributed by atoms with Gasteiger partial charge in [0.1, 0.15) is 18.1 Å². The predicted octanol–water partition coefficient (Wildman–Crippen LogP) is -2.38. The van der Waals surface area contributed by atoms with Crippen molar-refractivity contribution in [2.24, 2.45) is 11.7 Å². The molecule has 0 spiro atoms. The maximum Gasteiger partial charge on any atom is 0.326 e. The summed E-state index contributed by atoms with van der Waals surface area (Å²) in [6, 6.07) is -5.85. The maximum atomic E-state index is 12.8. The lowest BCUT2D eigenvalue weighted by Gasteiger charge is -2.27. The van der Waals surface area contributed by atoms with Gasteiger partial charge in [-0.05, 0) is 25.7 Å². The van der Waals surface area contributed by atoms with E-state index in [-0.39, 0.29) is 25.2 Å². The maximum absolute atomic E-state index is 12.8. The summed E-state index contributed by atoms with van der Waals surface area (Å²) in [4.78, 5) is 70.1. The zero-order valence-electron chi connectivity index (χ0n) is 18.6. The number of hydrogen-bond acceptors (Lipinski definition) is 8. The highest BCUT2D eigenvalue weighted by molar-refractivity contribution is 5.95. The predicted molar refractivity (Wildman–Crippen MR) is 112 cm³/mol. The van der Waals surface area contributed by atoms with Crippen molar-refractivity contribution in [3.05, 3.63) is 0 Å². The van der Waals surface area contributed by atoms with Crippen molar-refractivity contribution < 1.29 is 49.2 Å². The smallest absolute Gasteiger partial charge is 0.326 e. The summed E-state index contributed by atoms with van der Waals surface area (Å²) in [5, 5.41) is 43.0. The molecule has 9 N–H and O–H groups in total. The second kappa shape index (κ2) is 14.0. The summed E-state index contributed by atoms with van der Waals surface area (Å²) in [5.41, 5.74) is 5.65. The number of nitrogens with one attached hydrogen (secondary N) is 3. The summed E-state index contributed by atoms with van der Waals surface area (Å²) >= 11 is 0. The summed E-state index contributed by atoms with van der Waals surface area (Å²) in [6.07, 6.45) is -2.85. The molecule has 0 bridgehead atoms. The van der Waals surface area contributed by atoms with E-state index < -0.39 is 72.3 Å². The monoisotopic (exact) mass is 476 g/mol. The van der Waals surface area contributed by atoms with Gasteiger partial charge in [0.25, 0.3) is 0 Å². The van der Waals surface area contributed by atoms with Crippen molar-refractivity contribution >= 4 is 35.6 Å². The first-order valence-corrected chi connectivity index (χ1v) is 10.2. The SMILES string of the molecule is CC(C)CC(NC(=O)C(N)CCC(=O)O)C(=O)NC(C(=O)NC(CC(=O)O)C(=O)O)C(C)O. The van der Waals surface area contributed by atoms with E-state index in [1.54, 1.807) is 13.8 Å². The van der Waals surface area contributed by atoms with Gasteiger partial charge in [-0.1, -0.05) is 13.8 Å².